The maximum Gasteiger partial charge on any atom is 0.308 e. The zero-order valence-corrected chi connectivity index (χ0v) is 15.5. The third-order valence-electron chi connectivity index (χ3n) is 2.79. The van der Waals surface area contributed by atoms with E-state index in [1.807, 2.05) is 6.92 Å². The van der Waals surface area contributed by atoms with Gasteiger partial charge in [-0.2, -0.15) is 0 Å². The van der Waals surface area contributed by atoms with Gasteiger partial charge in [-0.25, -0.2) is 0 Å². The average Bonchev–Trinajstić information content (AvgIpc) is 2.46. The summed E-state index contributed by atoms with van der Waals surface area (Å²) in [6.07, 6.45) is 1.40. The lowest BCUT2D eigenvalue weighted by molar-refractivity contribution is -0.870. The van der Waals surface area contributed by atoms with Crippen molar-refractivity contribution in [2.24, 2.45) is 0 Å². The maximum absolute atomic E-state index is 10.9. The molecule has 8 heteroatoms. The number of quaternary nitrogens is 1. The van der Waals surface area contributed by atoms with Crippen LogP contribution in [0.4, 0.5) is 5.69 Å². The van der Waals surface area contributed by atoms with Crippen LogP contribution in [0.1, 0.15) is 26.7 Å². The van der Waals surface area contributed by atoms with Gasteiger partial charge < -0.3 is 14.0 Å². The first kappa shape index (κ1) is 22.5. The first-order valence-corrected chi connectivity index (χ1v) is 7.94. The van der Waals surface area contributed by atoms with E-state index in [9.17, 15) is 19.7 Å². The Hall–Kier alpha value is -2.48. The Bertz CT molecular complexity index is 563. The molecule has 1 aromatic rings. The summed E-state index contributed by atoms with van der Waals surface area (Å²) in [7, 11) is 6.23. The summed E-state index contributed by atoms with van der Waals surface area (Å²) in [5.74, 6) is -0.224. The Labute approximate surface area is 148 Å². The van der Waals surface area contributed by atoms with Crippen LogP contribution in [-0.4, -0.2) is 55.6 Å². The number of ether oxygens (including phenoxy) is 2. The Morgan fingerprint density at radius 2 is 1.72 bits per heavy atom. The molecular formula is C17H27N2O6+. The van der Waals surface area contributed by atoms with Gasteiger partial charge in [0.25, 0.3) is 5.69 Å². The summed E-state index contributed by atoms with van der Waals surface area (Å²) in [6, 6.07) is 5.30. The normalized spacial score (nSPS) is 10.3. The SMILES string of the molecule is CC(=O)Oc1ccc([N+](=O)[O-])cc1.CCCC(=O)OCC[N+](C)(C)C. The van der Waals surface area contributed by atoms with Crippen LogP contribution >= 0.6 is 0 Å². The van der Waals surface area contributed by atoms with E-state index >= 15 is 0 Å². The van der Waals surface area contributed by atoms with Gasteiger partial charge in [-0.15, -0.1) is 0 Å². The third kappa shape index (κ3) is 12.6. The molecule has 0 N–H and O–H groups in total. The molecule has 0 heterocycles. The lowest BCUT2D eigenvalue weighted by Crippen LogP contribution is -2.37. The number of benzene rings is 1. The quantitative estimate of drug-likeness (QED) is 0.245. The van der Waals surface area contributed by atoms with Crippen molar-refractivity contribution in [2.45, 2.75) is 26.7 Å². The highest BCUT2D eigenvalue weighted by Gasteiger charge is 2.08. The summed E-state index contributed by atoms with van der Waals surface area (Å²) in [5.41, 5.74) is -0.0316. The number of likely N-dealkylation sites (N-methyl/N-ethyl adjacent to an activating group) is 1. The standard InChI is InChI=1S/C9H20NO2.C8H7NO4/c1-5-6-9(11)12-8-7-10(2,3)4;1-6(10)13-8-4-2-7(3-5-8)9(11)12/h5-8H2,1-4H3;2-5H,1H3/q+1;. The molecule has 0 atom stereocenters. The van der Waals surface area contributed by atoms with E-state index in [-0.39, 0.29) is 11.7 Å². The highest BCUT2D eigenvalue weighted by molar-refractivity contribution is 5.69. The fourth-order valence-electron chi connectivity index (χ4n) is 1.51. The van der Waals surface area contributed by atoms with Crippen molar-refractivity contribution in [3.63, 3.8) is 0 Å². The van der Waals surface area contributed by atoms with Crippen molar-refractivity contribution in [3.05, 3.63) is 34.4 Å². The summed E-state index contributed by atoms with van der Waals surface area (Å²) in [5, 5.41) is 10.2. The van der Waals surface area contributed by atoms with Gasteiger partial charge in [0, 0.05) is 25.5 Å². The number of nitrogens with zero attached hydrogens (tertiary/aromatic N) is 2. The highest BCUT2D eigenvalue weighted by Crippen LogP contribution is 2.17. The summed E-state index contributed by atoms with van der Waals surface area (Å²) in [4.78, 5) is 31.1. The molecule has 0 aliphatic rings. The summed E-state index contributed by atoms with van der Waals surface area (Å²) >= 11 is 0. The number of hydrogen-bond donors (Lipinski definition) is 0. The largest absolute Gasteiger partial charge is 0.460 e. The Morgan fingerprint density at radius 1 is 1.16 bits per heavy atom. The smallest absolute Gasteiger partial charge is 0.308 e. The topological polar surface area (TPSA) is 95.7 Å². The molecule has 0 spiro atoms. The lowest BCUT2D eigenvalue weighted by Gasteiger charge is -2.23. The minimum Gasteiger partial charge on any atom is -0.460 e. The van der Waals surface area contributed by atoms with E-state index in [0.29, 0.717) is 18.8 Å². The molecule has 1 rings (SSSR count). The van der Waals surface area contributed by atoms with Crippen molar-refractivity contribution in [1.29, 1.82) is 0 Å². The van der Waals surface area contributed by atoms with Gasteiger partial charge >= 0.3 is 11.9 Å². The van der Waals surface area contributed by atoms with Crippen LogP contribution in [0.2, 0.25) is 0 Å². The molecule has 0 radical (unpaired) electrons. The molecular weight excluding hydrogens is 328 g/mol. The number of nitro benzene ring substituents is 1. The Morgan fingerprint density at radius 3 is 2.12 bits per heavy atom. The molecule has 0 fully saturated rings. The number of hydrogen-bond acceptors (Lipinski definition) is 6. The van der Waals surface area contributed by atoms with Gasteiger partial charge in [0.1, 0.15) is 18.9 Å². The van der Waals surface area contributed by atoms with Gasteiger partial charge in [0.15, 0.2) is 0 Å². The second kappa shape index (κ2) is 11.1. The van der Waals surface area contributed by atoms with E-state index in [0.717, 1.165) is 17.4 Å². The second-order valence-electron chi connectivity index (χ2n) is 6.33. The number of esters is 2. The zero-order valence-electron chi connectivity index (χ0n) is 15.5. The van der Waals surface area contributed by atoms with Crippen molar-refractivity contribution in [1.82, 2.24) is 0 Å². The number of rotatable bonds is 7. The minimum absolute atomic E-state index is 0.0316. The number of carbonyl (C=O) groups is 2. The predicted octanol–water partition coefficient (Wildman–Crippen LogP) is 2.56. The number of nitro groups is 1. The fourth-order valence-corrected chi connectivity index (χ4v) is 1.51. The molecule has 1 aromatic carbocycles. The molecule has 0 aromatic heterocycles. The third-order valence-corrected chi connectivity index (χ3v) is 2.79. The van der Waals surface area contributed by atoms with Crippen LogP contribution in [0, 0.1) is 10.1 Å². The predicted molar refractivity (Wildman–Crippen MR) is 93.2 cm³/mol. The molecule has 0 aliphatic carbocycles. The van der Waals surface area contributed by atoms with Gasteiger partial charge in [0.2, 0.25) is 0 Å². The van der Waals surface area contributed by atoms with E-state index in [4.69, 9.17) is 4.74 Å². The van der Waals surface area contributed by atoms with Gasteiger partial charge in [0.05, 0.1) is 26.1 Å². The van der Waals surface area contributed by atoms with Crippen molar-refractivity contribution in [2.75, 3.05) is 34.3 Å². The lowest BCUT2D eigenvalue weighted by atomic mass is 10.3. The Balaban J connectivity index is 0.000000463. The fraction of sp³-hybridized carbons (Fsp3) is 0.529. The van der Waals surface area contributed by atoms with Crippen LogP contribution in [0.5, 0.6) is 5.75 Å². The molecule has 0 bridgehead atoms. The van der Waals surface area contributed by atoms with Gasteiger partial charge in [-0.3, -0.25) is 19.7 Å². The van der Waals surface area contributed by atoms with E-state index in [2.05, 4.69) is 25.9 Å². The van der Waals surface area contributed by atoms with Gasteiger partial charge in [-0.05, 0) is 18.6 Å². The molecule has 0 amide bonds. The van der Waals surface area contributed by atoms with Crippen LogP contribution < -0.4 is 4.74 Å². The average molecular weight is 355 g/mol. The second-order valence-corrected chi connectivity index (χ2v) is 6.33. The molecule has 0 saturated heterocycles. The molecule has 25 heavy (non-hydrogen) atoms. The minimum atomic E-state index is -0.516. The van der Waals surface area contributed by atoms with Crippen molar-refractivity contribution in [3.8, 4) is 5.75 Å². The van der Waals surface area contributed by atoms with Crippen molar-refractivity contribution >= 4 is 17.6 Å². The van der Waals surface area contributed by atoms with Crippen molar-refractivity contribution < 1.29 is 28.5 Å². The maximum atomic E-state index is 10.9. The van der Waals surface area contributed by atoms with Crippen LogP contribution in [-0.2, 0) is 14.3 Å². The summed E-state index contributed by atoms with van der Waals surface area (Å²) in [6.45, 7) is 4.64. The Kier molecular flexibility index (Phi) is 10.0. The molecule has 0 saturated carbocycles. The summed E-state index contributed by atoms with van der Waals surface area (Å²) < 4.78 is 10.5. The van der Waals surface area contributed by atoms with Crippen LogP contribution in [0.15, 0.2) is 24.3 Å². The number of non-ortho nitro benzene ring substituents is 1. The van der Waals surface area contributed by atoms with Gasteiger partial charge in [-0.1, -0.05) is 6.92 Å². The molecule has 8 nitrogen and oxygen atoms in total. The molecule has 0 unspecified atom stereocenters. The molecule has 0 aliphatic heterocycles. The zero-order chi connectivity index (χ0) is 19.5. The van der Waals surface area contributed by atoms with E-state index < -0.39 is 10.9 Å². The van der Waals surface area contributed by atoms with E-state index in [1.54, 1.807) is 0 Å². The molecule has 140 valence electrons. The van der Waals surface area contributed by atoms with Crippen LogP contribution in [0.3, 0.4) is 0 Å². The van der Waals surface area contributed by atoms with Crippen LogP contribution in [0.25, 0.3) is 0 Å². The first-order valence-electron chi connectivity index (χ1n) is 7.94. The number of carbonyl (C=O) groups excluding carboxylic acids is 2. The highest BCUT2D eigenvalue weighted by atomic mass is 16.6. The monoisotopic (exact) mass is 355 g/mol. The first-order chi connectivity index (χ1) is 11.5. The van der Waals surface area contributed by atoms with E-state index in [1.165, 1.54) is 31.2 Å².